The minimum absolute atomic E-state index is 0.0806. The molecule has 1 fully saturated rings. The Bertz CT molecular complexity index is 1240. The van der Waals surface area contributed by atoms with Gasteiger partial charge in [0.1, 0.15) is 5.84 Å². The Hall–Kier alpha value is -3.93. The molecule has 5 rings (SSSR count). The number of nitrogens with one attached hydrogen (secondary N) is 1. The minimum Gasteiger partial charge on any atom is -0.352 e. The largest absolute Gasteiger partial charge is 0.352 e. The zero-order valence-corrected chi connectivity index (χ0v) is 20.5. The fourth-order valence-corrected chi connectivity index (χ4v) is 4.89. The number of hydrogen-bond acceptors (Lipinski definition) is 4. The van der Waals surface area contributed by atoms with Crippen LogP contribution in [0.1, 0.15) is 46.3 Å². The smallest absolute Gasteiger partial charge is 0.251 e. The molecule has 0 unspecified atom stereocenters. The van der Waals surface area contributed by atoms with Crippen LogP contribution in [-0.4, -0.2) is 53.6 Å². The highest BCUT2D eigenvalue weighted by Crippen LogP contribution is 2.29. The summed E-state index contributed by atoms with van der Waals surface area (Å²) in [5, 5.41) is 3.03. The van der Waals surface area contributed by atoms with Crippen molar-refractivity contribution in [3.63, 3.8) is 0 Å². The molecule has 1 saturated heterocycles. The van der Waals surface area contributed by atoms with Gasteiger partial charge in [0.25, 0.3) is 5.91 Å². The molecule has 0 radical (unpaired) electrons. The summed E-state index contributed by atoms with van der Waals surface area (Å²) in [6.07, 6.45) is 3.34. The number of carbonyl (C=O) groups excluding carboxylic acids is 2. The van der Waals surface area contributed by atoms with Gasteiger partial charge in [0, 0.05) is 50.3 Å². The molecule has 1 N–H and O–H groups in total. The number of likely N-dealkylation sites (tertiary alicyclic amines) is 1. The SMILES string of the molecule is O=C(NCCc1ccccc1)c1ccc2c(c1)N=C(c1ccccc1)N(CCCN1CCCC1=O)C2. The lowest BCUT2D eigenvalue weighted by Crippen LogP contribution is -2.36. The van der Waals surface area contributed by atoms with Crippen molar-refractivity contribution in [3.05, 3.63) is 101 Å². The molecule has 2 aliphatic rings. The number of hydrogen-bond donors (Lipinski definition) is 1. The van der Waals surface area contributed by atoms with Crippen LogP contribution in [0.25, 0.3) is 0 Å². The Morgan fingerprint density at radius 2 is 1.67 bits per heavy atom. The average molecular weight is 481 g/mol. The Morgan fingerprint density at radius 3 is 2.42 bits per heavy atom. The van der Waals surface area contributed by atoms with Gasteiger partial charge in [0.15, 0.2) is 0 Å². The summed E-state index contributed by atoms with van der Waals surface area (Å²) in [6, 6.07) is 26.1. The number of amides is 2. The number of nitrogens with zero attached hydrogens (tertiary/aromatic N) is 3. The first-order valence-corrected chi connectivity index (χ1v) is 12.8. The topological polar surface area (TPSA) is 65.0 Å². The standard InChI is InChI=1S/C30H32N4O2/c35-28-13-7-18-33(28)19-8-20-34-22-26-15-14-25(30(36)31-17-16-23-9-3-1-4-10-23)21-27(26)32-29(34)24-11-5-2-6-12-24/h1-6,9-12,14-15,21H,7-8,13,16-20,22H2,(H,31,36). The van der Waals surface area contributed by atoms with E-state index in [2.05, 4.69) is 34.5 Å². The van der Waals surface area contributed by atoms with E-state index in [4.69, 9.17) is 4.99 Å². The molecule has 0 bridgehead atoms. The summed E-state index contributed by atoms with van der Waals surface area (Å²) in [7, 11) is 0. The molecule has 2 amide bonds. The molecule has 3 aromatic carbocycles. The zero-order chi connectivity index (χ0) is 24.7. The van der Waals surface area contributed by atoms with E-state index in [1.165, 1.54) is 5.56 Å². The van der Waals surface area contributed by atoms with Crippen LogP contribution in [-0.2, 0) is 17.8 Å². The van der Waals surface area contributed by atoms with Crippen molar-refractivity contribution < 1.29 is 9.59 Å². The van der Waals surface area contributed by atoms with Crippen LogP contribution in [0.3, 0.4) is 0 Å². The quantitative estimate of drug-likeness (QED) is 0.488. The lowest BCUT2D eigenvalue weighted by atomic mass is 10.0. The summed E-state index contributed by atoms with van der Waals surface area (Å²) in [6.45, 7) is 3.79. The molecule has 0 saturated carbocycles. The number of amidine groups is 1. The first kappa shape index (κ1) is 23.8. The van der Waals surface area contributed by atoms with Crippen molar-refractivity contribution in [1.82, 2.24) is 15.1 Å². The Kier molecular flexibility index (Phi) is 7.41. The number of aliphatic imine (C=N–C) groups is 1. The van der Waals surface area contributed by atoms with Gasteiger partial charge in [0.05, 0.1) is 5.69 Å². The van der Waals surface area contributed by atoms with Crippen molar-refractivity contribution in [2.45, 2.75) is 32.2 Å². The van der Waals surface area contributed by atoms with Crippen molar-refractivity contribution in [1.29, 1.82) is 0 Å². The molecule has 0 spiro atoms. The van der Waals surface area contributed by atoms with Gasteiger partial charge in [-0.15, -0.1) is 0 Å². The van der Waals surface area contributed by atoms with Gasteiger partial charge >= 0.3 is 0 Å². The van der Waals surface area contributed by atoms with E-state index in [-0.39, 0.29) is 11.8 Å². The van der Waals surface area contributed by atoms with E-state index in [0.29, 0.717) is 18.5 Å². The molecule has 2 aliphatic heterocycles. The highest BCUT2D eigenvalue weighted by molar-refractivity contribution is 6.02. The van der Waals surface area contributed by atoms with Crippen LogP contribution in [0.5, 0.6) is 0 Å². The fourth-order valence-electron chi connectivity index (χ4n) is 4.89. The minimum atomic E-state index is -0.0806. The average Bonchev–Trinajstić information content (AvgIpc) is 3.33. The Labute approximate surface area is 212 Å². The van der Waals surface area contributed by atoms with Gasteiger partial charge in [-0.1, -0.05) is 66.7 Å². The molecule has 6 heteroatoms. The number of carbonyl (C=O) groups is 2. The Morgan fingerprint density at radius 1 is 0.917 bits per heavy atom. The number of rotatable bonds is 9. The molecule has 2 heterocycles. The number of fused-ring (bicyclic) bond motifs is 1. The summed E-state index contributed by atoms with van der Waals surface area (Å²) >= 11 is 0. The van der Waals surface area contributed by atoms with Crippen molar-refractivity contribution >= 4 is 23.3 Å². The van der Waals surface area contributed by atoms with Crippen LogP contribution >= 0.6 is 0 Å². The van der Waals surface area contributed by atoms with Gasteiger partial charge in [-0.25, -0.2) is 4.99 Å². The second-order valence-corrected chi connectivity index (χ2v) is 9.40. The Balaban J connectivity index is 1.29. The maximum Gasteiger partial charge on any atom is 0.251 e. The fraction of sp³-hybridized carbons (Fsp3) is 0.300. The first-order valence-electron chi connectivity index (χ1n) is 12.8. The van der Waals surface area contributed by atoms with E-state index < -0.39 is 0 Å². The summed E-state index contributed by atoms with van der Waals surface area (Å²) in [4.78, 5) is 34.1. The third-order valence-corrected chi connectivity index (χ3v) is 6.84. The maximum atomic E-state index is 12.8. The predicted octanol–water partition coefficient (Wildman–Crippen LogP) is 4.57. The predicted molar refractivity (Wildman–Crippen MR) is 142 cm³/mol. The lowest BCUT2D eigenvalue weighted by Gasteiger charge is -2.31. The van der Waals surface area contributed by atoms with Crippen LogP contribution in [0.2, 0.25) is 0 Å². The molecular formula is C30H32N4O2. The normalized spacial score (nSPS) is 15.0. The van der Waals surface area contributed by atoms with Gasteiger partial charge < -0.3 is 15.1 Å². The molecule has 3 aromatic rings. The van der Waals surface area contributed by atoms with Crippen LogP contribution in [0.4, 0.5) is 5.69 Å². The summed E-state index contributed by atoms with van der Waals surface area (Å²) in [5.41, 5.74) is 4.83. The second-order valence-electron chi connectivity index (χ2n) is 9.40. The molecule has 6 nitrogen and oxygen atoms in total. The van der Waals surface area contributed by atoms with E-state index in [0.717, 1.165) is 68.1 Å². The molecule has 0 aromatic heterocycles. The number of benzene rings is 3. The second kappa shape index (κ2) is 11.2. The van der Waals surface area contributed by atoms with Crippen LogP contribution in [0, 0.1) is 0 Å². The van der Waals surface area contributed by atoms with E-state index in [9.17, 15) is 9.59 Å². The third-order valence-electron chi connectivity index (χ3n) is 6.84. The molecule has 184 valence electrons. The van der Waals surface area contributed by atoms with E-state index in [1.54, 1.807) is 0 Å². The highest BCUT2D eigenvalue weighted by Gasteiger charge is 2.24. The molecule has 0 aliphatic carbocycles. The molecule has 0 atom stereocenters. The van der Waals surface area contributed by atoms with Gasteiger partial charge in [-0.2, -0.15) is 0 Å². The maximum absolute atomic E-state index is 12.8. The van der Waals surface area contributed by atoms with E-state index >= 15 is 0 Å². The van der Waals surface area contributed by atoms with Crippen LogP contribution < -0.4 is 5.32 Å². The van der Waals surface area contributed by atoms with Gasteiger partial charge in [-0.3, -0.25) is 9.59 Å². The zero-order valence-electron chi connectivity index (χ0n) is 20.5. The van der Waals surface area contributed by atoms with Gasteiger partial charge in [-0.05, 0) is 42.5 Å². The third kappa shape index (κ3) is 5.65. The molecule has 36 heavy (non-hydrogen) atoms. The van der Waals surface area contributed by atoms with Gasteiger partial charge in [0.2, 0.25) is 5.91 Å². The molecular weight excluding hydrogens is 448 g/mol. The summed E-state index contributed by atoms with van der Waals surface area (Å²) < 4.78 is 0. The van der Waals surface area contributed by atoms with Crippen molar-refractivity contribution in [2.24, 2.45) is 4.99 Å². The highest BCUT2D eigenvalue weighted by atomic mass is 16.2. The van der Waals surface area contributed by atoms with Crippen LogP contribution in [0.15, 0.2) is 83.9 Å². The van der Waals surface area contributed by atoms with Crippen molar-refractivity contribution in [2.75, 3.05) is 26.2 Å². The van der Waals surface area contributed by atoms with Crippen molar-refractivity contribution in [3.8, 4) is 0 Å². The lowest BCUT2D eigenvalue weighted by molar-refractivity contribution is -0.127. The first-order chi connectivity index (χ1) is 17.7. The van der Waals surface area contributed by atoms with E-state index in [1.807, 2.05) is 59.5 Å². The monoisotopic (exact) mass is 480 g/mol. The summed E-state index contributed by atoms with van der Waals surface area (Å²) in [5.74, 6) is 1.10.